The summed E-state index contributed by atoms with van der Waals surface area (Å²) in [6.07, 6.45) is -0.141. The molecular formula is C13H18N2O6. The molecule has 0 aliphatic carbocycles. The maximum Gasteiger partial charge on any atom is 0.326 e. The van der Waals surface area contributed by atoms with Crippen molar-refractivity contribution in [2.45, 2.75) is 39.2 Å². The summed E-state index contributed by atoms with van der Waals surface area (Å²) in [4.78, 5) is 34.0. The third-order valence-electron chi connectivity index (χ3n) is 3.02. The molecule has 116 valence electrons. The number of aliphatic carboxylic acids is 1. The Morgan fingerprint density at radius 2 is 2.05 bits per heavy atom. The average molecular weight is 298 g/mol. The van der Waals surface area contributed by atoms with Crippen molar-refractivity contribution in [2.24, 2.45) is 0 Å². The van der Waals surface area contributed by atoms with Gasteiger partial charge in [-0.15, -0.1) is 0 Å². The summed E-state index contributed by atoms with van der Waals surface area (Å²) in [5, 5.41) is 15.1. The number of carbonyl (C=O) groups excluding carboxylic acids is 2. The van der Waals surface area contributed by atoms with Crippen molar-refractivity contribution >= 4 is 17.8 Å². The molecule has 1 heterocycles. The molecule has 8 nitrogen and oxygen atoms in total. The summed E-state index contributed by atoms with van der Waals surface area (Å²) in [6.45, 7) is 3.37. The van der Waals surface area contributed by atoms with E-state index in [-0.39, 0.29) is 19.3 Å². The van der Waals surface area contributed by atoms with Crippen LogP contribution in [0.15, 0.2) is 4.52 Å². The minimum absolute atomic E-state index is 0.0246. The third-order valence-corrected chi connectivity index (χ3v) is 3.02. The topological polar surface area (TPSA) is 119 Å². The van der Waals surface area contributed by atoms with Crippen molar-refractivity contribution in [3.63, 3.8) is 0 Å². The Balaban J connectivity index is 2.61. The summed E-state index contributed by atoms with van der Waals surface area (Å²) < 4.78 is 9.37. The van der Waals surface area contributed by atoms with Crippen LogP contribution in [-0.4, -0.2) is 41.3 Å². The fourth-order valence-corrected chi connectivity index (χ4v) is 1.78. The van der Waals surface area contributed by atoms with E-state index in [0.717, 1.165) is 0 Å². The van der Waals surface area contributed by atoms with Gasteiger partial charge in [0, 0.05) is 12.0 Å². The zero-order chi connectivity index (χ0) is 16.0. The lowest BCUT2D eigenvalue weighted by molar-refractivity contribution is -0.144. The van der Waals surface area contributed by atoms with Crippen molar-refractivity contribution in [3.05, 3.63) is 17.0 Å². The zero-order valence-electron chi connectivity index (χ0n) is 12.1. The maximum atomic E-state index is 11.9. The van der Waals surface area contributed by atoms with Crippen molar-refractivity contribution < 1.29 is 28.8 Å². The number of amides is 1. The summed E-state index contributed by atoms with van der Waals surface area (Å²) in [6, 6.07) is -1.14. The zero-order valence-corrected chi connectivity index (χ0v) is 12.1. The molecule has 0 aliphatic heterocycles. The maximum absolute atomic E-state index is 11.9. The predicted molar refractivity (Wildman–Crippen MR) is 70.5 cm³/mol. The highest BCUT2D eigenvalue weighted by Gasteiger charge is 2.22. The Morgan fingerprint density at radius 1 is 1.38 bits per heavy atom. The number of carbonyl (C=O) groups is 3. The predicted octanol–water partition coefficient (Wildman–Crippen LogP) is 0.357. The molecule has 0 spiro atoms. The van der Waals surface area contributed by atoms with E-state index in [9.17, 15) is 14.4 Å². The number of methoxy groups -OCH3 is 1. The van der Waals surface area contributed by atoms with Crippen LogP contribution in [0.3, 0.4) is 0 Å². The van der Waals surface area contributed by atoms with E-state index in [1.165, 1.54) is 7.11 Å². The van der Waals surface area contributed by atoms with Gasteiger partial charge in [0.25, 0.3) is 0 Å². The Morgan fingerprint density at radius 3 is 2.52 bits per heavy atom. The van der Waals surface area contributed by atoms with Gasteiger partial charge >= 0.3 is 11.9 Å². The normalized spacial score (nSPS) is 11.8. The molecule has 0 bridgehead atoms. The number of rotatable bonds is 7. The van der Waals surface area contributed by atoms with Crippen molar-refractivity contribution in [3.8, 4) is 0 Å². The number of ether oxygens (including phenoxy) is 1. The lowest BCUT2D eigenvalue weighted by atomic mass is 10.1. The summed E-state index contributed by atoms with van der Waals surface area (Å²) in [5.74, 6) is -1.68. The van der Waals surface area contributed by atoms with Gasteiger partial charge in [-0.1, -0.05) is 5.16 Å². The quantitative estimate of drug-likeness (QED) is 0.697. The fraction of sp³-hybridized carbons (Fsp3) is 0.538. The molecule has 0 aromatic carbocycles. The number of esters is 1. The third kappa shape index (κ3) is 4.90. The van der Waals surface area contributed by atoms with Gasteiger partial charge in [0.15, 0.2) is 0 Å². The van der Waals surface area contributed by atoms with E-state index in [1.807, 2.05) is 0 Å². The van der Waals surface area contributed by atoms with Crippen LogP contribution in [0.1, 0.15) is 29.9 Å². The Labute approximate surface area is 121 Å². The van der Waals surface area contributed by atoms with Crippen molar-refractivity contribution in [1.29, 1.82) is 0 Å². The Kier molecular flexibility index (Phi) is 5.89. The summed E-state index contributed by atoms with van der Waals surface area (Å²) in [5.41, 5.74) is 1.22. The molecule has 1 atom stereocenters. The molecular weight excluding hydrogens is 280 g/mol. The van der Waals surface area contributed by atoms with Gasteiger partial charge in [-0.2, -0.15) is 0 Å². The number of aromatic nitrogens is 1. The summed E-state index contributed by atoms with van der Waals surface area (Å²) >= 11 is 0. The molecule has 1 aromatic rings. The van der Waals surface area contributed by atoms with Crippen molar-refractivity contribution in [1.82, 2.24) is 10.5 Å². The first-order chi connectivity index (χ1) is 9.85. The van der Waals surface area contributed by atoms with E-state index < -0.39 is 23.9 Å². The van der Waals surface area contributed by atoms with E-state index in [0.29, 0.717) is 17.0 Å². The molecule has 2 N–H and O–H groups in total. The van der Waals surface area contributed by atoms with E-state index in [2.05, 4.69) is 15.2 Å². The molecule has 0 radical (unpaired) electrons. The molecule has 0 fully saturated rings. The number of carboxylic acids is 1. The molecule has 21 heavy (non-hydrogen) atoms. The van der Waals surface area contributed by atoms with Gasteiger partial charge < -0.3 is 19.7 Å². The second-order valence-electron chi connectivity index (χ2n) is 4.55. The van der Waals surface area contributed by atoms with Crippen LogP contribution in [0.5, 0.6) is 0 Å². The lowest BCUT2D eigenvalue weighted by Crippen LogP contribution is -2.41. The highest BCUT2D eigenvalue weighted by molar-refractivity contribution is 5.85. The molecule has 1 rings (SSSR count). The van der Waals surface area contributed by atoms with Gasteiger partial charge in [0.2, 0.25) is 5.91 Å². The van der Waals surface area contributed by atoms with Crippen LogP contribution in [0.2, 0.25) is 0 Å². The molecule has 0 saturated carbocycles. The highest BCUT2D eigenvalue weighted by atomic mass is 16.5. The number of hydrogen-bond acceptors (Lipinski definition) is 6. The van der Waals surface area contributed by atoms with Crippen LogP contribution in [0.4, 0.5) is 0 Å². The van der Waals surface area contributed by atoms with Gasteiger partial charge in [-0.05, 0) is 20.3 Å². The average Bonchev–Trinajstić information content (AvgIpc) is 2.74. The van der Waals surface area contributed by atoms with Crippen molar-refractivity contribution in [2.75, 3.05) is 7.11 Å². The molecule has 1 amide bonds. The van der Waals surface area contributed by atoms with Gasteiger partial charge in [-0.25, -0.2) is 4.79 Å². The van der Waals surface area contributed by atoms with Gasteiger partial charge in [0.1, 0.15) is 11.8 Å². The minimum atomic E-state index is -1.20. The van der Waals surface area contributed by atoms with Crippen LogP contribution >= 0.6 is 0 Å². The second kappa shape index (κ2) is 7.41. The van der Waals surface area contributed by atoms with E-state index >= 15 is 0 Å². The van der Waals surface area contributed by atoms with Gasteiger partial charge in [0.05, 0.1) is 19.2 Å². The monoisotopic (exact) mass is 298 g/mol. The number of nitrogens with one attached hydrogen (secondary N) is 1. The first-order valence-corrected chi connectivity index (χ1v) is 6.35. The number of carboxylic acid groups (broad SMARTS) is 1. The van der Waals surface area contributed by atoms with Crippen LogP contribution < -0.4 is 5.32 Å². The molecule has 0 aliphatic rings. The van der Waals surface area contributed by atoms with Crippen LogP contribution in [0, 0.1) is 13.8 Å². The van der Waals surface area contributed by atoms with E-state index in [4.69, 9.17) is 9.63 Å². The fourth-order valence-electron chi connectivity index (χ4n) is 1.78. The SMILES string of the molecule is COC(=O)CC[C@H](NC(=O)Cc1c(C)noc1C)C(=O)O. The molecule has 0 saturated heterocycles. The number of hydrogen-bond donors (Lipinski definition) is 2. The Hall–Kier alpha value is -2.38. The highest BCUT2D eigenvalue weighted by Crippen LogP contribution is 2.13. The number of nitrogens with zero attached hydrogens (tertiary/aromatic N) is 1. The van der Waals surface area contributed by atoms with Gasteiger partial charge in [-0.3, -0.25) is 9.59 Å². The standard InChI is InChI=1S/C13H18N2O6/c1-7-9(8(2)21-15-7)6-11(16)14-10(13(18)19)4-5-12(17)20-3/h10H,4-6H2,1-3H3,(H,14,16)(H,18,19)/t10-/m0/s1. The largest absolute Gasteiger partial charge is 0.480 e. The van der Waals surface area contributed by atoms with Crippen LogP contribution in [0.25, 0.3) is 0 Å². The first-order valence-electron chi connectivity index (χ1n) is 6.35. The van der Waals surface area contributed by atoms with E-state index in [1.54, 1.807) is 13.8 Å². The minimum Gasteiger partial charge on any atom is -0.480 e. The molecule has 1 aromatic heterocycles. The molecule has 8 heteroatoms. The Bertz CT molecular complexity index is 517. The second-order valence-corrected chi connectivity index (χ2v) is 4.55. The first kappa shape index (κ1) is 16.7. The lowest BCUT2D eigenvalue weighted by Gasteiger charge is -2.13. The smallest absolute Gasteiger partial charge is 0.326 e. The summed E-state index contributed by atoms with van der Waals surface area (Å²) in [7, 11) is 1.22. The number of aryl methyl sites for hydroxylation is 2. The molecule has 0 unspecified atom stereocenters. The van der Waals surface area contributed by atoms with Crippen LogP contribution in [-0.2, 0) is 25.5 Å².